The van der Waals surface area contributed by atoms with Crippen molar-refractivity contribution >= 4 is 23.2 Å². The van der Waals surface area contributed by atoms with Gasteiger partial charge in [-0.3, -0.25) is 4.90 Å². The van der Waals surface area contributed by atoms with E-state index in [1.165, 1.54) is 18.9 Å². The molecule has 0 spiro atoms. The zero-order valence-electron chi connectivity index (χ0n) is 11.3. The molecule has 2 fully saturated rings. The van der Waals surface area contributed by atoms with Crippen LogP contribution in [0.4, 0.5) is 0 Å². The second-order valence-electron chi connectivity index (χ2n) is 5.81. The first-order valence-corrected chi connectivity index (χ1v) is 7.86. The van der Waals surface area contributed by atoms with E-state index in [4.69, 9.17) is 27.9 Å². The normalized spacial score (nSPS) is 21.9. The third-order valence-electron chi connectivity index (χ3n) is 4.48. The van der Waals surface area contributed by atoms with Gasteiger partial charge in [0.15, 0.2) is 0 Å². The summed E-state index contributed by atoms with van der Waals surface area (Å²) in [6.07, 6.45) is 2.44. The minimum Gasteiger partial charge on any atom is -0.508 e. The Hall–Kier alpha value is -0.480. The molecule has 1 N–H and O–H groups in total. The van der Waals surface area contributed by atoms with Gasteiger partial charge in [-0.15, -0.1) is 0 Å². The number of halogens is 2. The minimum atomic E-state index is 0.230. The maximum Gasteiger partial charge on any atom is 0.121 e. The summed E-state index contributed by atoms with van der Waals surface area (Å²) in [6, 6.07) is 3.29. The summed E-state index contributed by atoms with van der Waals surface area (Å²) in [5, 5.41) is 10.8. The summed E-state index contributed by atoms with van der Waals surface area (Å²) < 4.78 is 5.28. The lowest BCUT2D eigenvalue weighted by Crippen LogP contribution is -2.41. The number of piperidine rings is 1. The van der Waals surface area contributed by atoms with Crippen LogP contribution in [-0.4, -0.2) is 36.3 Å². The predicted octanol–water partition coefficient (Wildman–Crippen LogP) is 3.56. The number of aromatic hydroxyl groups is 1. The summed E-state index contributed by atoms with van der Waals surface area (Å²) in [5.74, 6) is 1.81. The van der Waals surface area contributed by atoms with E-state index in [1.54, 1.807) is 6.07 Å². The molecule has 0 aliphatic carbocycles. The van der Waals surface area contributed by atoms with Crippen molar-refractivity contribution in [1.82, 2.24) is 4.90 Å². The topological polar surface area (TPSA) is 32.7 Å². The number of ether oxygens (including phenoxy) is 1. The molecule has 0 radical (unpaired) electrons. The van der Waals surface area contributed by atoms with Crippen LogP contribution in [0.15, 0.2) is 12.1 Å². The Balaban J connectivity index is 1.58. The second-order valence-corrected chi connectivity index (χ2v) is 6.62. The summed E-state index contributed by atoms with van der Waals surface area (Å²) >= 11 is 11.9. The average Bonchev–Trinajstić information content (AvgIpc) is 2.36. The molecule has 110 valence electrons. The van der Waals surface area contributed by atoms with Gasteiger partial charge in [0.05, 0.1) is 23.3 Å². The van der Waals surface area contributed by atoms with Crippen molar-refractivity contribution < 1.29 is 9.84 Å². The number of hydrogen-bond donors (Lipinski definition) is 1. The number of hydrogen-bond acceptors (Lipinski definition) is 3. The van der Waals surface area contributed by atoms with E-state index in [0.717, 1.165) is 50.2 Å². The zero-order chi connectivity index (χ0) is 14.1. The zero-order valence-corrected chi connectivity index (χ0v) is 12.8. The lowest BCUT2D eigenvalue weighted by atomic mass is 9.83. The van der Waals surface area contributed by atoms with Crippen molar-refractivity contribution in [2.75, 3.05) is 26.3 Å². The Labute approximate surface area is 129 Å². The fourth-order valence-electron chi connectivity index (χ4n) is 3.05. The maximum absolute atomic E-state index is 9.95. The van der Waals surface area contributed by atoms with Crippen LogP contribution in [0.3, 0.4) is 0 Å². The summed E-state index contributed by atoms with van der Waals surface area (Å²) in [4.78, 5) is 2.37. The highest BCUT2D eigenvalue weighted by Gasteiger charge is 2.31. The first-order valence-electron chi connectivity index (χ1n) is 7.10. The lowest BCUT2D eigenvalue weighted by Gasteiger charge is -2.39. The Bertz CT molecular complexity index is 483. The van der Waals surface area contributed by atoms with Crippen molar-refractivity contribution in [2.45, 2.75) is 19.4 Å². The minimum absolute atomic E-state index is 0.230. The molecule has 2 aliphatic rings. The van der Waals surface area contributed by atoms with Crippen LogP contribution in [0.1, 0.15) is 18.4 Å². The molecule has 0 aromatic heterocycles. The Morgan fingerprint density at radius 1 is 1.10 bits per heavy atom. The van der Waals surface area contributed by atoms with Crippen molar-refractivity contribution in [1.29, 1.82) is 0 Å². The van der Waals surface area contributed by atoms with E-state index in [0.29, 0.717) is 10.0 Å². The second kappa shape index (κ2) is 6.10. The van der Waals surface area contributed by atoms with Crippen molar-refractivity contribution in [3.8, 4) is 5.75 Å². The lowest BCUT2D eigenvalue weighted by molar-refractivity contribution is -0.0726. The molecule has 20 heavy (non-hydrogen) atoms. The van der Waals surface area contributed by atoms with Crippen LogP contribution in [0, 0.1) is 11.8 Å². The van der Waals surface area contributed by atoms with Gasteiger partial charge in [-0.25, -0.2) is 0 Å². The van der Waals surface area contributed by atoms with Crippen LogP contribution >= 0.6 is 23.2 Å². The van der Waals surface area contributed by atoms with Gasteiger partial charge >= 0.3 is 0 Å². The molecular weight excluding hydrogens is 297 g/mol. The van der Waals surface area contributed by atoms with E-state index < -0.39 is 0 Å². The summed E-state index contributed by atoms with van der Waals surface area (Å²) in [7, 11) is 0. The Morgan fingerprint density at radius 2 is 1.75 bits per heavy atom. The molecule has 1 aromatic carbocycles. The Kier molecular flexibility index (Phi) is 4.41. The maximum atomic E-state index is 9.95. The third kappa shape index (κ3) is 3.06. The Morgan fingerprint density at radius 3 is 2.35 bits per heavy atom. The van der Waals surface area contributed by atoms with Crippen LogP contribution in [0.25, 0.3) is 0 Å². The molecule has 2 aliphatic heterocycles. The molecule has 3 nitrogen and oxygen atoms in total. The smallest absolute Gasteiger partial charge is 0.121 e. The van der Waals surface area contributed by atoms with Crippen LogP contribution in [0.5, 0.6) is 5.75 Å². The molecule has 0 amide bonds. The van der Waals surface area contributed by atoms with Gasteiger partial charge in [-0.1, -0.05) is 23.2 Å². The summed E-state index contributed by atoms with van der Waals surface area (Å²) in [6.45, 7) is 4.76. The predicted molar refractivity (Wildman–Crippen MR) is 80.4 cm³/mol. The number of phenols is 1. The molecular formula is C15H19Cl2NO2. The van der Waals surface area contributed by atoms with E-state index >= 15 is 0 Å². The standard InChI is InChI=1S/C15H19Cl2NO2/c16-13-5-11(15(19)6-14(13)17)7-18-3-1-10(2-4-18)12-8-20-9-12/h5-6,10,12,19H,1-4,7-9H2. The fourth-order valence-corrected chi connectivity index (χ4v) is 3.40. The van der Waals surface area contributed by atoms with Crippen molar-refractivity contribution in [3.63, 3.8) is 0 Å². The van der Waals surface area contributed by atoms with Gasteiger partial charge < -0.3 is 9.84 Å². The molecule has 0 saturated carbocycles. The average molecular weight is 316 g/mol. The van der Waals surface area contributed by atoms with Gasteiger partial charge in [-0.2, -0.15) is 0 Å². The van der Waals surface area contributed by atoms with Gasteiger partial charge in [0, 0.05) is 24.1 Å². The summed E-state index contributed by atoms with van der Waals surface area (Å²) in [5.41, 5.74) is 0.852. The highest BCUT2D eigenvalue weighted by Crippen LogP contribution is 2.33. The molecule has 0 unspecified atom stereocenters. The van der Waals surface area contributed by atoms with Gasteiger partial charge in [0.2, 0.25) is 0 Å². The van der Waals surface area contributed by atoms with Crippen LogP contribution in [0.2, 0.25) is 10.0 Å². The van der Waals surface area contributed by atoms with Crippen LogP contribution in [-0.2, 0) is 11.3 Å². The van der Waals surface area contributed by atoms with Gasteiger partial charge in [-0.05, 0) is 37.9 Å². The fraction of sp³-hybridized carbons (Fsp3) is 0.600. The molecule has 1 aromatic rings. The number of nitrogens with zero attached hydrogens (tertiary/aromatic N) is 1. The van der Waals surface area contributed by atoms with Crippen molar-refractivity contribution in [3.05, 3.63) is 27.7 Å². The molecule has 0 bridgehead atoms. The SMILES string of the molecule is Oc1cc(Cl)c(Cl)cc1CN1CCC(C2COC2)CC1. The van der Waals surface area contributed by atoms with Crippen LogP contribution < -0.4 is 0 Å². The number of phenolic OH excluding ortho intramolecular Hbond substituents is 1. The number of benzene rings is 1. The molecule has 5 heteroatoms. The van der Waals surface area contributed by atoms with E-state index in [-0.39, 0.29) is 5.75 Å². The largest absolute Gasteiger partial charge is 0.508 e. The first-order chi connectivity index (χ1) is 9.63. The van der Waals surface area contributed by atoms with E-state index in [1.807, 2.05) is 0 Å². The van der Waals surface area contributed by atoms with Gasteiger partial charge in [0.25, 0.3) is 0 Å². The first kappa shape index (κ1) is 14.5. The van der Waals surface area contributed by atoms with E-state index in [9.17, 15) is 5.11 Å². The van der Waals surface area contributed by atoms with E-state index in [2.05, 4.69) is 4.90 Å². The van der Waals surface area contributed by atoms with Gasteiger partial charge in [0.1, 0.15) is 5.75 Å². The number of rotatable bonds is 3. The quantitative estimate of drug-likeness (QED) is 0.925. The van der Waals surface area contributed by atoms with Crippen molar-refractivity contribution in [2.24, 2.45) is 11.8 Å². The molecule has 2 heterocycles. The third-order valence-corrected chi connectivity index (χ3v) is 5.20. The molecule has 0 atom stereocenters. The highest BCUT2D eigenvalue weighted by atomic mass is 35.5. The molecule has 3 rings (SSSR count). The monoisotopic (exact) mass is 315 g/mol. The molecule has 2 saturated heterocycles. The highest BCUT2D eigenvalue weighted by molar-refractivity contribution is 6.42. The number of likely N-dealkylation sites (tertiary alicyclic amines) is 1.